The summed E-state index contributed by atoms with van der Waals surface area (Å²) in [5.74, 6) is -1.78. The molecule has 0 saturated carbocycles. The summed E-state index contributed by atoms with van der Waals surface area (Å²) in [5, 5.41) is 7.26. The second kappa shape index (κ2) is 9.75. The van der Waals surface area contributed by atoms with E-state index in [1.807, 2.05) is 0 Å². The molecule has 1 aliphatic rings. The van der Waals surface area contributed by atoms with Crippen LogP contribution in [0.15, 0.2) is 68.9 Å². The van der Waals surface area contributed by atoms with Crippen molar-refractivity contribution in [2.24, 2.45) is 9.63 Å². The number of ether oxygens (including phenoxy) is 1. The number of nitrogens with one attached hydrogen (secondary N) is 2. The van der Waals surface area contributed by atoms with Gasteiger partial charge in [0, 0.05) is 21.2 Å². The maximum absolute atomic E-state index is 12.7. The number of carbonyl (C=O) groups excluding carboxylic acids is 3. The number of rotatable bonds is 6. The van der Waals surface area contributed by atoms with Crippen LogP contribution in [0.25, 0.3) is 0 Å². The molecule has 0 fully saturated rings. The van der Waals surface area contributed by atoms with Crippen molar-refractivity contribution in [3.8, 4) is 0 Å². The van der Waals surface area contributed by atoms with Gasteiger partial charge >= 0.3 is 5.97 Å². The normalized spacial score (nSPS) is 16.3. The fourth-order valence-corrected chi connectivity index (χ4v) is 4.08. The van der Waals surface area contributed by atoms with Gasteiger partial charge < -0.3 is 10.1 Å². The van der Waals surface area contributed by atoms with Gasteiger partial charge in [-0.3, -0.25) is 14.3 Å². The van der Waals surface area contributed by atoms with Crippen LogP contribution in [0.4, 0.5) is 0 Å². The Morgan fingerprint density at radius 2 is 1.60 bits per heavy atom. The summed E-state index contributed by atoms with van der Waals surface area (Å²) in [6.07, 6.45) is 0. The molecule has 30 heavy (non-hydrogen) atoms. The van der Waals surface area contributed by atoms with Gasteiger partial charge in [0.2, 0.25) is 5.70 Å². The molecule has 1 atom stereocenters. The number of hydrogen-bond acceptors (Lipinski definition) is 6. The highest BCUT2D eigenvalue weighted by atomic mass is 35.5. The maximum atomic E-state index is 12.7. The summed E-state index contributed by atoms with van der Waals surface area (Å²) >= 11 is 10.0. The SMILES string of the molecule is CCOC(=O)C1=C(NC(=O)c2cccc(Cl)c2)[SH](NC(=O)c2cccc(Cl)c2)N=N1. The van der Waals surface area contributed by atoms with E-state index in [1.165, 1.54) is 12.1 Å². The van der Waals surface area contributed by atoms with Crippen LogP contribution in [-0.2, 0) is 9.53 Å². The third-order valence-corrected chi connectivity index (χ3v) is 5.65. The molecule has 8 nitrogen and oxygen atoms in total. The Bertz CT molecular complexity index is 1070. The van der Waals surface area contributed by atoms with Crippen LogP contribution in [0.2, 0.25) is 10.0 Å². The first-order chi connectivity index (χ1) is 14.4. The quantitative estimate of drug-likeness (QED) is 0.437. The molecule has 2 amide bonds. The fourth-order valence-electron chi connectivity index (χ4n) is 2.41. The van der Waals surface area contributed by atoms with Gasteiger partial charge in [-0.25, -0.2) is 4.79 Å². The Kier molecular flexibility index (Phi) is 7.09. The van der Waals surface area contributed by atoms with Gasteiger partial charge in [0.1, 0.15) is 5.03 Å². The third kappa shape index (κ3) is 5.18. The zero-order valence-electron chi connectivity index (χ0n) is 15.6. The lowest BCUT2D eigenvalue weighted by Gasteiger charge is -2.18. The Labute approximate surface area is 184 Å². The number of halogens is 2. The lowest BCUT2D eigenvalue weighted by Crippen LogP contribution is -2.29. The molecule has 1 heterocycles. The second-order valence-electron chi connectivity index (χ2n) is 5.83. The summed E-state index contributed by atoms with van der Waals surface area (Å²) in [7, 11) is 0. The van der Waals surface area contributed by atoms with E-state index in [0.29, 0.717) is 15.6 Å². The van der Waals surface area contributed by atoms with Crippen molar-refractivity contribution in [1.29, 1.82) is 0 Å². The summed E-state index contributed by atoms with van der Waals surface area (Å²) in [6, 6.07) is 12.6. The molecule has 0 aliphatic carbocycles. The lowest BCUT2D eigenvalue weighted by atomic mass is 10.2. The first-order valence-electron chi connectivity index (χ1n) is 8.65. The highest BCUT2D eigenvalue weighted by Gasteiger charge is 2.30. The van der Waals surface area contributed by atoms with E-state index in [9.17, 15) is 14.4 Å². The molecule has 1 unspecified atom stereocenters. The highest BCUT2D eigenvalue weighted by Crippen LogP contribution is 2.40. The molecule has 3 rings (SSSR count). The Balaban J connectivity index is 1.86. The average Bonchev–Trinajstić information content (AvgIpc) is 3.10. The number of nitrogens with zero attached hydrogens (tertiary/aromatic N) is 2. The summed E-state index contributed by atoms with van der Waals surface area (Å²) in [5.41, 5.74) is 0.385. The molecular weight excluding hydrogens is 451 g/mol. The number of thiol groups is 1. The van der Waals surface area contributed by atoms with Crippen molar-refractivity contribution in [2.75, 3.05) is 6.61 Å². The predicted molar refractivity (Wildman–Crippen MR) is 115 cm³/mol. The van der Waals surface area contributed by atoms with Crippen LogP contribution in [0, 0.1) is 0 Å². The smallest absolute Gasteiger partial charge is 0.361 e. The molecule has 156 valence electrons. The number of benzene rings is 2. The summed E-state index contributed by atoms with van der Waals surface area (Å²) in [4.78, 5) is 37.5. The number of amides is 2. The monoisotopic (exact) mass is 466 g/mol. The Morgan fingerprint density at radius 3 is 2.17 bits per heavy atom. The van der Waals surface area contributed by atoms with Gasteiger partial charge in [0.15, 0.2) is 0 Å². The zero-order chi connectivity index (χ0) is 21.7. The molecule has 2 aromatic rings. The van der Waals surface area contributed by atoms with Crippen LogP contribution in [0.5, 0.6) is 0 Å². The van der Waals surface area contributed by atoms with Gasteiger partial charge in [-0.1, -0.05) is 35.3 Å². The van der Waals surface area contributed by atoms with Crippen LogP contribution < -0.4 is 10.0 Å². The second-order valence-corrected chi connectivity index (χ2v) is 8.18. The van der Waals surface area contributed by atoms with E-state index < -0.39 is 29.1 Å². The molecule has 0 radical (unpaired) electrons. The van der Waals surface area contributed by atoms with Crippen LogP contribution in [0.3, 0.4) is 0 Å². The van der Waals surface area contributed by atoms with Gasteiger partial charge in [0.25, 0.3) is 11.8 Å². The topological polar surface area (TPSA) is 109 Å². The van der Waals surface area contributed by atoms with E-state index in [-0.39, 0.29) is 22.9 Å². The third-order valence-electron chi connectivity index (χ3n) is 3.75. The molecule has 1 aliphatic heterocycles. The minimum atomic E-state index is -1.86. The first-order valence-corrected chi connectivity index (χ1v) is 10.7. The van der Waals surface area contributed by atoms with E-state index in [0.717, 1.165) is 0 Å². The van der Waals surface area contributed by atoms with E-state index in [2.05, 4.69) is 19.7 Å². The van der Waals surface area contributed by atoms with Crippen molar-refractivity contribution >= 4 is 52.3 Å². The molecule has 0 aromatic heterocycles. The molecule has 11 heteroatoms. The van der Waals surface area contributed by atoms with E-state index in [4.69, 9.17) is 27.9 Å². The Hall–Kier alpha value is -2.88. The van der Waals surface area contributed by atoms with Crippen molar-refractivity contribution in [3.63, 3.8) is 0 Å². The van der Waals surface area contributed by atoms with Crippen LogP contribution in [0.1, 0.15) is 27.6 Å². The first kappa shape index (κ1) is 21.8. The lowest BCUT2D eigenvalue weighted by molar-refractivity contribution is -0.138. The van der Waals surface area contributed by atoms with Gasteiger partial charge in [-0.15, -0.1) is 9.63 Å². The molecule has 2 aromatic carbocycles. The van der Waals surface area contributed by atoms with E-state index in [1.54, 1.807) is 43.3 Å². The average molecular weight is 467 g/mol. The van der Waals surface area contributed by atoms with Crippen LogP contribution in [-0.4, -0.2) is 24.4 Å². The maximum Gasteiger partial charge on any atom is 0.361 e. The standard InChI is InChI=1S/C19H16Cl2N4O4S/c1-2-29-19(28)15-18(22-16(26)11-5-3-7-13(20)9-11)30(25-23-15)24-17(27)12-6-4-8-14(21)10-12/h3-10,30H,2H2,1H3,(H,22,26)(H,24,27). The van der Waals surface area contributed by atoms with Gasteiger partial charge in [-0.05, 0) is 54.6 Å². The zero-order valence-corrected chi connectivity index (χ0v) is 18.0. The highest BCUT2D eigenvalue weighted by molar-refractivity contribution is 8.18. The molecular formula is C19H16Cl2N4O4S. The fraction of sp³-hybridized carbons (Fsp3) is 0.105. The summed E-state index contributed by atoms with van der Waals surface area (Å²) < 4.78 is 11.6. The molecule has 0 bridgehead atoms. The van der Waals surface area contributed by atoms with Crippen molar-refractivity contribution in [1.82, 2.24) is 10.0 Å². The number of carbonyl (C=O) groups is 3. The largest absolute Gasteiger partial charge is 0.461 e. The van der Waals surface area contributed by atoms with Gasteiger partial charge in [0.05, 0.1) is 6.61 Å². The Morgan fingerprint density at radius 1 is 1.00 bits per heavy atom. The predicted octanol–water partition coefficient (Wildman–Crippen LogP) is 4.18. The minimum absolute atomic E-state index is 0.0591. The van der Waals surface area contributed by atoms with E-state index >= 15 is 0 Å². The molecule has 0 spiro atoms. The molecule has 0 saturated heterocycles. The van der Waals surface area contributed by atoms with Gasteiger partial charge in [-0.2, -0.15) is 0 Å². The van der Waals surface area contributed by atoms with Crippen LogP contribution >= 0.6 is 34.5 Å². The van der Waals surface area contributed by atoms with Crippen molar-refractivity contribution < 1.29 is 19.1 Å². The molecule has 2 N–H and O–H groups in total. The number of esters is 1. The van der Waals surface area contributed by atoms with Crippen molar-refractivity contribution in [3.05, 3.63) is 80.4 Å². The minimum Gasteiger partial charge on any atom is -0.461 e. The summed E-state index contributed by atoms with van der Waals surface area (Å²) in [6.45, 7) is 1.75. The number of hydrogen-bond donors (Lipinski definition) is 3. The van der Waals surface area contributed by atoms with Crippen molar-refractivity contribution in [2.45, 2.75) is 6.92 Å².